The Morgan fingerprint density at radius 3 is 2.35 bits per heavy atom. The van der Waals surface area contributed by atoms with Gasteiger partial charge in [-0.25, -0.2) is 0 Å². The molecule has 4 heteroatoms. The molecule has 0 aliphatic heterocycles. The number of hydrogen-bond acceptors (Lipinski definition) is 3. The van der Waals surface area contributed by atoms with Gasteiger partial charge in [0.15, 0.2) is 11.0 Å². The van der Waals surface area contributed by atoms with E-state index < -0.39 is 0 Å². The number of fused-ring (bicyclic) bond motifs is 1. The molecule has 3 rings (SSSR count). The summed E-state index contributed by atoms with van der Waals surface area (Å²) in [6, 6.07) is 13.0. The number of amides is 1. The molecule has 1 heterocycles. The number of carbonyl (C=O) groups is 1. The van der Waals surface area contributed by atoms with E-state index in [4.69, 9.17) is 4.42 Å². The quantitative estimate of drug-likeness (QED) is 0.694. The lowest BCUT2D eigenvalue weighted by Gasteiger charge is -2.19. The minimum atomic E-state index is -0.122. The number of para-hydroxylation sites is 1. The first-order chi connectivity index (χ1) is 12.5. The van der Waals surface area contributed by atoms with Crippen LogP contribution in [0.15, 0.2) is 51.7 Å². The van der Waals surface area contributed by atoms with Crippen LogP contribution in [0.25, 0.3) is 22.3 Å². The minimum absolute atomic E-state index is 0.0984. The summed E-state index contributed by atoms with van der Waals surface area (Å²) >= 11 is 0. The van der Waals surface area contributed by atoms with Gasteiger partial charge in [0.25, 0.3) is 5.91 Å². The van der Waals surface area contributed by atoms with Crippen molar-refractivity contribution in [2.75, 3.05) is 13.1 Å². The second-order valence-corrected chi connectivity index (χ2v) is 6.36. The normalized spacial score (nSPS) is 10.9. The van der Waals surface area contributed by atoms with E-state index >= 15 is 0 Å². The molecule has 1 aromatic heterocycles. The Hall–Kier alpha value is -2.88. The Balaban J connectivity index is 2.33. The second kappa shape index (κ2) is 7.16. The molecule has 0 spiro atoms. The Morgan fingerprint density at radius 1 is 1.00 bits per heavy atom. The smallest absolute Gasteiger partial charge is 0.257 e. The van der Waals surface area contributed by atoms with Crippen LogP contribution in [-0.2, 0) is 0 Å². The zero-order chi connectivity index (χ0) is 18.8. The summed E-state index contributed by atoms with van der Waals surface area (Å²) in [6.07, 6.45) is 0. The molecule has 0 radical (unpaired) electrons. The number of carbonyl (C=O) groups excluding carboxylic acids is 1. The molecule has 1 amide bonds. The van der Waals surface area contributed by atoms with E-state index in [9.17, 15) is 9.59 Å². The number of rotatable bonds is 4. The third-order valence-electron chi connectivity index (χ3n) is 4.82. The Bertz CT molecular complexity index is 1030. The third-order valence-corrected chi connectivity index (χ3v) is 4.82. The average Bonchev–Trinajstić information content (AvgIpc) is 2.65. The van der Waals surface area contributed by atoms with Crippen molar-refractivity contribution in [2.45, 2.75) is 27.7 Å². The van der Waals surface area contributed by atoms with Crippen molar-refractivity contribution in [1.82, 2.24) is 4.90 Å². The Kier molecular flexibility index (Phi) is 4.94. The zero-order valence-corrected chi connectivity index (χ0v) is 15.6. The standard InChI is InChI=1S/C22H23NO3/c1-5-23(6-2)22(25)18-13-9-12-17-19(24)15(4)20(26-21(17)18)16-11-8-7-10-14(16)3/h7-13H,5-6H2,1-4H3. The van der Waals surface area contributed by atoms with Gasteiger partial charge in [0.1, 0.15) is 5.76 Å². The highest BCUT2D eigenvalue weighted by Crippen LogP contribution is 2.29. The number of hydrogen-bond donors (Lipinski definition) is 0. The first-order valence-corrected chi connectivity index (χ1v) is 8.91. The van der Waals surface area contributed by atoms with Crippen molar-refractivity contribution in [3.05, 3.63) is 69.4 Å². The van der Waals surface area contributed by atoms with Gasteiger partial charge in [-0.3, -0.25) is 9.59 Å². The summed E-state index contributed by atoms with van der Waals surface area (Å²) in [5, 5.41) is 0.442. The fourth-order valence-corrected chi connectivity index (χ4v) is 3.24. The summed E-state index contributed by atoms with van der Waals surface area (Å²) in [6.45, 7) is 8.83. The Morgan fingerprint density at radius 2 is 1.69 bits per heavy atom. The maximum atomic E-state index is 12.9. The van der Waals surface area contributed by atoms with Gasteiger partial charge in [-0.2, -0.15) is 0 Å². The van der Waals surface area contributed by atoms with Crippen LogP contribution in [0, 0.1) is 13.8 Å². The average molecular weight is 349 g/mol. The van der Waals surface area contributed by atoms with E-state index in [1.165, 1.54) is 0 Å². The lowest BCUT2D eigenvalue weighted by molar-refractivity contribution is 0.0774. The van der Waals surface area contributed by atoms with Gasteiger partial charge in [-0.1, -0.05) is 30.3 Å². The molecule has 3 aromatic rings. The first kappa shape index (κ1) is 17.9. The summed E-state index contributed by atoms with van der Waals surface area (Å²) in [7, 11) is 0. The Labute approximate surface area is 153 Å². The van der Waals surface area contributed by atoms with Crippen LogP contribution in [0.4, 0.5) is 0 Å². The van der Waals surface area contributed by atoms with Crippen molar-refractivity contribution in [1.29, 1.82) is 0 Å². The van der Waals surface area contributed by atoms with Gasteiger partial charge in [0, 0.05) is 24.2 Å². The van der Waals surface area contributed by atoms with E-state index in [1.807, 2.05) is 45.0 Å². The third kappa shape index (κ3) is 2.92. The first-order valence-electron chi connectivity index (χ1n) is 8.91. The van der Waals surface area contributed by atoms with E-state index in [-0.39, 0.29) is 11.3 Å². The van der Waals surface area contributed by atoms with Gasteiger partial charge in [-0.15, -0.1) is 0 Å². The molecular weight excluding hydrogens is 326 g/mol. The highest BCUT2D eigenvalue weighted by molar-refractivity contribution is 6.05. The van der Waals surface area contributed by atoms with Crippen LogP contribution in [0.3, 0.4) is 0 Å². The number of aryl methyl sites for hydroxylation is 1. The van der Waals surface area contributed by atoms with Crippen LogP contribution in [0.2, 0.25) is 0 Å². The van der Waals surface area contributed by atoms with Gasteiger partial charge >= 0.3 is 0 Å². The maximum absolute atomic E-state index is 12.9. The van der Waals surface area contributed by atoms with E-state index in [0.717, 1.165) is 11.1 Å². The van der Waals surface area contributed by atoms with E-state index in [1.54, 1.807) is 30.0 Å². The zero-order valence-electron chi connectivity index (χ0n) is 15.6. The summed E-state index contributed by atoms with van der Waals surface area (Å²) in [4.78, 5) is 27.6. The second-order valence-electron chi connectivity index (χ2n) is 6.36. The largest absolute Gasteiger partial charge is 0.455 e. The van der Waals surface area contributed by atoms with Gasteiger partial charge in [-0.05, 0) is 45.4 Å². The molecule has 0 bridgehead atoms. The van der Waals surface area contributed by atoms with Gasteiger partial charge < -0.3 is 9.32 Å². The topological polar surface area (TPSA) is 50.5 Å². The van der Waals surface area contributed by atoms with Crippen molar-refractivity contribution < 1.29 is 9.21 Å². The molecule has 0 N–H and O–H groups in total. The fraction of sp³-hybridized carbons (Fsp3) is 0.273. The summed E-state index contributed by atoms with van der Waals surface area (Å²) < 4.78 is 6.18. The highest BCUT2D eigenvalue weighted by Gasteiger charge is 2.21. The molecule has 2 aromatic carbocycles. The van der Waals surface area contributed by atoms with Crippen LogP contribution in [0.1, 0.15) is 35.3 Å². The number of nitrogens with zero attached hydrogens (tertiary/aromatic N) is 1. The number of benzene rings is 2. The molecule has 26 heavy (non-hydrogen) atoms. The lowest BCUT2D eigenvalue weighted by Crippen LogP contribution is -2.30. The molecule has 0 atom stereocenters. The van der Waals surface area contributed by atoms with Crippen molar-refractivity contribution in [3.63, 3.8) is 0 Å². The van der Waals surface area contributed by atoms with E-state index in [2.05, 4.69) is 0 Å². The van der Waals surface area contributed by atoms with E-state index in [0.29, 0.717) is 40.9 Å². The lowest BCUT2D eigenvalue weighted by atomic mass is 10.0. The van der Waals surface area contributed by atoms with Crippen LogP contribution >= 0.6 is 0 Å². The van der Waals surface area contributed by atoms with Gasteiger partial charge in [0.05, 0.1) is 10.9 Å². The molecule has 0 fully saturated rings. The van der Waals surface area contributed by atoms with Crippen LogP contribution < -0.4 is 5.43 Å². The summed E-state index contributed by atoms with van der Waals surface area (Å²) in [5.74, 6) is 0.406. The predicted octanol–water partition coefficient (Wildman–Crippen LogP) is 4.56. The maximum Gasteiger partial charge on any atom is 0.257 e. The van der Waals surface area contributed by atoms with Crippen LogP contribution in [-0.4, -0.2) is 23.9 Å². The molecule has 0 saturated carbocycles. The van der Waals surface area contributed by atoms with Crippen molar-refractivity contribution in [3.8, 4) is 11.3 Å². The molecule has 0 unspecified atom stereocenters. The minimum Gasteiger partial charge on any atom is -0.455 e. The SMILES string of the molecule is CCN(CC)C(=O)c1cccc2c(=O)c(C)c(-c3ccccc3C)oc12. The molecule has 4 nitrogen and oxygen atoms in total. The van der Waals surface area contributed by atoms with Crippen LogP contribution in [0.5, 0.6) is 0 Å². The van der Waals surface area contributed by atoms with Gasteiger partial charge in [0.2, 0.25) is 0 Å². The monoisotopic (exact) mass is 349 g/mol. The molecule has 0 aliphatic rings. The van der Waals surface area contributed by atoms with Crippen molar-refractivity contribution >= 4 is 16.9 Å². The molecule has 0 saturated heterocycles. The highest BCUT2D eigenvalue weighted by atomic mass is 16.3. The molecule has 134 valence electrons. The summed E-state index contributed by atoms with van der Waals surface area (Å²) in [5.41, 5.74) is 3.13. The molecule has 0 aliphatic carbocycles. The molecular formula is C22H23NO3. The predicted molar refractivity (Wildman–Crippen MR) is 105 cm³/mol. The fourth-order valence-electron chi connectivity index (χ4n) is 3.24. The van der Waals surface area contributed by atoms with Crippen molar-refractivity contribution in [2.24, 2.45) is 0 Å².